The van der Waals surface area contributed by atoms with E-state index in [9.17, 15) is 5.11 Å². The average Bonchev–Trinajstić information content (AvgIpc) is 2.37. The lowest BCUT2D eigenvalue weighted by Gasteiger charge is -2.34. The molecule has 1 aliphatic heterocycles. The van der Waals surface area contributed by atoms with Gasteiger partial charge in [-0.3, -0.25) is 0 Å². The van der Waals surface area contributed by atoms with Crippen LogP contribution < -0.4 is 10.1 Å². The van der Waals surface area contributed by atoms with Crippen molar-refractivity contribution >= 4 is 0 Å². The summed E-state index contributed by atoms with van der Waals surface area (Å²) in [7, 11) is 0. The Hall–Kier alpha value is -1.10. The topological polar surface area (TPSA) is 61.7 Å². The number of benzene rings is 1. The second-order valence-electron chi connectivity index (χ2n) is 4.35. The minimum Gasteiger partial charge on any atom is -0.491 e. The van der Waals surface area contributed by atoms with Gasteiger partial charge in [0, 0.05) is 5.56 Å². The fraction of sp³-hybridized carbons (Fsp3) is 0.538. The van der Waals surface area contributed by atoms with Crippen molar-refractivity contribution in [2.24, 2.45) is 0 Å². The summed E-state index contributed by atoms with van der Waals surface area (Å²) in [5, 5.41) is 22.7. The first-order valence-electron chi connectivity index (χ1n) is 6.02. The number of rotatable bonds is 4. The van der Waals surface area contributed by atoms with E-state index in [0.29, 0.717) is 18.6 Å². The lowest BCUT2D eigenvalue weighted by Crippen LogP contribution is -2.39. The van der Waals surface area contributed by atoms with Crippen molar-refractivity contribution in [2.45, 2.75) is 18.4 Å². The van der Waals surface area contributed by atoms with Crippen molar-refractivity contribution in [3.63, 3.8) is 0 Å². The molecule has 0 spiro atoms. The zero-order valence-corrected chi connectivity index (χ0v) is 9.85. The maximum atomic E-state index is 10.6. The molecular formula is C13H19NO3. The average molecular weight is 237 g/mol. The van der Waals surface area contributed by atoms with Gasteiger partial charge in [-0.2, -0.15) is 0 Å². The highest BCUT2D eigenvalue weighted by molar-refractivity contribution is 5.38. The van der Waals surface area contributed by atoms with E-state index in [1.54, 1.807) is 0 Å². The van der Waals surface area contributed by atoms with Crippen LogP contribution in [0.1, 0.15) is 18.4 Å². The standard InChI is InChI=1S/C13H19NO3/c15-9-10-17-12-4-2-1-3-11(12)13(16)5-7-14-8-6-13/h1-4,14-16H,5-10H2. The third-order valence-corrected chi connectivity index (χ3v) is 3.17. The van der Waals surface area contributed by atoms with Gasteiger partial charge in [-0.15, -0.1) is 0 Å². The second-order valence-corrected chi connectivity index (χ2v) is 4.35. The van der Waals surface area contributed by atoms with Crippen molar-refractivity contribution in [3.05, 3.63) is 29.8 Å². The second kappa shape index (κ2) is 5.49. The molecule has 0 amide bonds. The van der Waals surface area contributed by atoms with Gasteiger partial charge in [0.2, 0.25) is 0 Å². The normalized spacial score (nSPS) is 18.9. The summed E-state index contributed by atoms with van der Waals surface area (Å²) in [6.45, 7) is 1.86. The highest BCUT2D eigenvalue weighted by atomic mass is 16.5. The van der Waals surface area contributed by atoms with Crippen LogP contribution in [0.3, 0.4) is 0 Å². The predicted octanol–water partition coefficient (Wildman–Crippen LogP) is 0.629. The number of aliphatic hydroxyl groups is 2. The van der Waals surface area contributed by atoms with E-state index in [0.717, 1.165) is 18.7 Å². The first kappa shape index (κ1) is 12.4. The van der Waals surface area contributed by atoms with Crippen molar-refractivity contribution in [2.75, 3.05) is 26.3 Å². The smallest absolute Gasteiger partial charge is 0.125 e. The highest BCUT2D eigenvalue weighted by Gasteiger charge is 2.33. The van der Waals surface area contributed by atoms with Gasteiger partial charge in [0.25, 0.3) is 0 Å². The van der Waals surface area contributed by atoms with Crippen LogP contribution >= 0.6 is 0 Å². The van der Waals surface area contributed by atoms with E-state index in [2.05, 4.69) is 5.32 Å². The molecule has 3 N–H and O–H groups in total. The van der Waals surface area contributed by atoms with Crippen LogP contribution in [0.2, 0.25) is 0 Å². The molecule has 1 aromatic rings. The lowest BCUT2D eigenvalue weighted by atomic mass is 9.84. The molecule has 1 saturated heterocycles. The highest BCUT2D eigenvalue weighted by Crippen LogP contribution is 2.36. The van der Waals surface area contributed by atoms with E-state index in [1.807, 2.05) is 24.3 Å². The number of hydrogen-bond acceptors (Lipinski definition) is 4. The van der Waals surface area contributed by atoms with Gasteiger partial charge < -0.3 is 20.3 Å². The Kier molecular flexibility index (Phi) is 3.99. The molecule has 0 saturated carbocycles. The summed E-state index contributed by atoms with van der Waals surface area (Å²) < 4.78 is 5.47. The molecule has 94 valence electrons. The first-order chi connectivity index (χ1) is 8.26. The summed E-state index contributed by atoms with van der Waals surface area (Å²) in [6, 6.07) is 7.52. The number of hydrogen-bond donors (Lipinski definition) is 3. The third-order valence-electron chi connectivity index (χ3n) is 3.17. The van der Waals surface area contributed by atoms with Crippen LogP contribution in [0.15, 0.2) is 24.3 Å². The molecule has 17 heavy (non-hydrogen) atoms. The molecular weight excluding hydrogens is 218 g/mol. The summed E-state index contributed by atoms with van der Waals surface area (Å²) in [4.78, 5) is 0. The number of piperidine rings is 1. The molecule has 0 aliphatic carbocycles. The SMILES string of the molecule is OCCOc1ccccc1C1(O)CCNCC1. The number of nitrogens with one attached hydrogen (secondary N) is 1. The third kappa shape index (κ3) is 2.77. The van der Waals surface area contributed by atoms with Gasteiger partial charge in [-0.25, -0.2) is 0 Å². The summed E-state index contributed by atoms with van der Waals surface area (Å²) in [5.74, 6) is 0.672. The Balaban J connectivity index is 2.23. The van der Waals surface area contributed by atoms with Crippen LogP contribution in [0.5, 0.6) is 5.75 Å². The molecule has 0 bridgehead atoms. The zero-order chi connectivity index (χ0) is 12.1. The van der Waals surface area contributed by atoms with Crippen LogP contribution in [0.4, 0.5) is 0 Å². The molecule has 0 unspecified atom stereocenters. The Morgan fingerprint density at radius 2 is 1.94 bits per heavy atom. The van der Waals surface area contributed by atoms with Gasteiger partial charge in [0.1, 0.15) is 12.4 Å². The first-order valence-corrected chi connectivity index (χ1v) is 6.02. The molecule has 0 radical (unpaired) electrons. The van der Waals surface area contributed by atoms with Crippen LogP contribution in [0, 0.1) is 0 Å². The number of aliphatic hydroxyl groups excluding tert-OH is 1. The number of para-hydroxylation sites is 1. The van der Waals surface area contributed by atoms with Gasteiger partial charge in [-0.05, 0) is 32.0 Å². The monoisotopic (exact) mass is 237 g/mol. The molecule has 2 rings (SSSR count). The minimum absolute atomic E-state index is 0.0195. The van der Waals surface area contributed by atoms with E-state index in [1.165, 1.54) is 0 Å². The zero-order valence-electron chi connectivity index (χ0n) is 9.85. The lowest BCUT2D eigenvalue weighted by molar-refractivity contribution is 0.00311. The molecule has 1 aromatic carbocycles. The largest absolute Gasteiger partial charge is 0.491 e. The summed E-state index contributed by atoms with van der Waals surface area (Å²) in [6.07, 6.45) is 1.37. The van der Waals surface area contributed by atoms with Gasteiger partial charge in [-0.1, -0.05) is 18.2 Å². The minimum atomic E-state index is -0.808. The molecule has 1 aliphatic rings. The fourth-order valence-corrected chi connectivity index (χ4v) is 2.24. The van der Waals surface area contributed by atoms with E-state index in [-0.39, 0.29) is 13.2 Å². The summed E-state index contributed by atoms with van der Waals surface area (Å²) >= 11 is 0. The molecule has 1 fully saturated rings. The van der Waals surface area contributed by atoms with Crippen molar-refractivity contribution in [3.8, 4) is 5.75 Å². The molecule has 0 atom stereocenters. The Morgan fingerprint density at radius 3 is 2.65 bits per heavy atom. The Labute approximate surface area is 101 Å². The van der Waals surface area contributed by atoms with Crippen LogP contribution in [-0.2, 0) is 5.60 Å². The quantitative estimate of drug-likeness (QED) is 0.719. The molecule has 0 aromatic heterocycles. The molecule has 4 heteroatoms. The predicted molar refractivity (Wildman–Crippen MR) is 65.0 cm³/mol. The van der Waals surface area contributed by atoms with Crippen LogP contribution in [-0.4, -0.2) is 36.5 Å². The molecule has 4 nitrogen and oxygen atoms in total. The Bertz CT molecular complexity index is 361. The summed E-state index contributed by atoms with van der Waals surface area (Å²) in [5.41, 5.74) is 0.0204. The molecule has 1 heterocycles. The van der Waals surface area contributed by atoms with Crippen molar-refractivity contribution < 1.29 is 14.9 Å². The van der Waals surface area contributed by atoms with E-state index in [4.69, 9.17) is 9.84 Å². The van der Waals surface area contributed by atoms with Gasteiger partial charge in [0.05, 0.1) is 12.2 Å². The number of ether oxygens (including phenoxy) is 1. The maximum Gasteiger partial charge on any atom is 0.125 e. The van der Waals surface area contributed by atoms with E-state index >= 15 is 0 Å². The van der Waals surface area contributed by atoms with E-state index < -0.39 is 5.60 Å². The van der Waals surface area contributed by atoms with Crippen molar-refractivity contribution in [1.82, 2.24) is 5.32 Å². The van der Waals surface area contributed by atoms with Gasteiger partial charge in [0.15, 0.2) is 0 Å². The fourth-order valence-electron chi connectivity index (χ4n) is 2.24. The maximum absolute atomic E-state index is 10.6. The Morgan fingerprint density at radius 1 is 1.24 bits per heavy atom. The van der Waals surface area contributed by atoms with Gasteiger partial charge >= 0.3 is 0 Å². The van der Waals surface area contributed by atoms with Crippen molar-refractivity contribution in [1.29, 1.82) is 0 Å². The van der Waals surface area contributed by atoms with Crippen LogP contribution in [0.25, 0.3) is 0 Å².